The van der Waals surface area contributed by atoms with Crippen molar-refractivity contribution in [3.63, 3.8) is 0 Å². The van der Waals surface area contributed by atoms with Gasteiger partial charge < -0.3 is 5.73 Å². The van der Waals surface area contributed by atoms with Crippen LogP contribution in [-0.4, -0.2) is 26.0 Å². The zero-order valence-electron chi connectivity index (χ0n) is 6.79. The highest BCUT2D eigenvalue weighted by Crippen LogP contribution is 2.20. The molecule has 66 valence electrons. The fourth-order valence-corrected chi connectivity index (χ4v) is 2.96. The van der Waals surface area contributed by atoms with Crippen LogP contribution in [0.2, 0.25) is 0 Å². The summed E-state index contributed by atoms with van der Waals surface area (Å²) in [7, 11) is -2.70. The van der Waals surface area contributed by atoms with Crippen molar-refractivity contribution in [2.75, 3.05) is 11.5 Å². The first kappa shape index (κ1) is 9.00. The van der Waals surface area contributed by atoms with Gasteiger partial charge in [-0.15, -0.1) is 0 Å². The molecule has 1 fully saturated rings. The van der Waals surface area contributed by atoms with Gasteiger partial charge in [-0.2, -0.15) is 0 Å². The molecule has 0 saturated carbocycles. The lowest BCUT2D eigenvalue weighted by Crippen LogP contribution is -2.34. The molecule has 1 unspecified atom stereocenters. The molecule has 1 rings (SSSR count). The molecule has 1 atom stereocenters. The Bertz CT molecular complexity index is 207. The molecule has 0 aromatic heterocycles. The first-order chi connectivity index (χ1) is 5.01. The number of hydrogen-bond donors (Lipinski definition) is 1. The maximum atomic E-state index is 11.0. The van der Waals surface area contributed by atoms with E-state index >= 15 is 0 Å². The maximum absolute atomic E-state index is 11.0. The van der Waals surface area contributed by atoms with Crippen LogP contribution in [0.5, 0.6) is 0 Å². The van der Waals surface area contributed by atoms with E-state index in [-0.39, 0.29) is 6.04 Å². The zero-order chi connectivity index (χ0) is 8.48. The summed E-state index contributed by atoms with van der Waals surface area (Å²) in [5, 5.41) is 0. The third-order valence-electron chi connectivity index (χ3n) is 2.34. The minimum absolute atomic E-state index is 0.144. The molecule has 1 heterocycles. The average molecular weight is 177 g/mol. The van der Waals surface area contributed by atoms with E-state index in [4.69, 9.17) is 5.73 Å². The quantitative estimate of drug-likeness (QED) is 0.620. The highest BCUT2D eigenvalue weighted by molar-refractivity contribution is 7.91. The molecule has 1 aliphatic rings. The monoisotopic (exact) mass is 177 g/mol. The fourth-order valence-electron chi connectivity index (χ4n) is 1.43. The summed E-state index contributed by atoms with van der Waals surface area (Å²) >= 11 is 0. The van der Waals surface area contributed by atoms with Crippen LogP contribution in [0, 0.1) is 5.92 Å². The van der Waals surface area contributed by atoms with E-state index < -0.39 is 9.84 Å². The summed E-state index contributed by atoms with van der Waals surface area (Å²) in [6, 6.07) is 0.144. The minimum atomic E-state index is -2.70. The number of sulfone groups is 1. The Kier molecular flexibility index (Phi) is 2.54. The topological polar surface area (TPSA) is 60.2 Å². The molecule has 0 aliphatic carbocycles. The fraction of sp³-hybridized carbons (Fsp3) is 1.00. The molecule has 0 radical (unpaired) electrons. The summed E-state index contributed by atoms with van der Waals surface area (Å²) in [5.41, 5.74) is 5.66. The van der Waals surface area contributed by atoms with Crippen molar-refractivity contribution in [2.45, 2.75) is 25.8 Å². The lowest BCUT2D eigenvalue weighted by atomic mass is 9.96. The van der Waals surface area contributed by atoms with Gasteiger partial charge in [-0.1, -0.05) is 0 Å². The number of nitrogens with two attached hydrogens (primary N) is 1. The van der Waals surface area contributed by atoms with E-state index in [1.165, 1.54) is 0 Å². The normalized spacial score (nSPS) is 28.2. The van der Waals surface area contributed by atoms with Gasteiger partial charge in [0, 0.05) is 6.04 Å². The molecule has 0 amide bonds. The second kappa shape index (κ2) is 3.11. The third-order valence-corrected chi connectivity index (χ3v) is 4.06. The van der Waals surface area contributed by atoms with Gasteiger partial charge in [0.15, 0.2) is 0 Å². The van der Waals surface area contributed by atoms with Crippen molar-refractivity contribution in [1.82, 2.24) is 0 Å². The lowest BCUT2D eigenvalue weighted by Gasteiger charge is -2.24. The van der Waals surface area contributed by atoms with Gasteiger partial charge in [-0.05, 0) is 25.7 Å². The second-order valence-electron chi connectivity index (χ2n) is 3.35. The lowest BCUT2D eigenvalue weighted by molar-refractivity contribution is 0.403. The molecule has 0 bridgehead atoms. The van der Waals surface area contributed by atoms with E-state index in [2.05, 4.69) is 0 Å². The summed E-state index contributed by atoms with van der Waals surface area (Å²) in [6.07, 6.45) is 1.50. The van der Waals surface area contributed by atoms with Crippen LogP contribution in [0.4, 0.5) is 0 Å². The molecule has 1 saturated heterocycles. The molecule has 4 heteroatoms. The van der Waals surface area contributed by atoms with Crippen molar-refractivity contribution < 1.29 is 8.42 Å². The van der Waals surface area contributed by atoms with Gasteiger partial charge in [0.05, 0.1) is 11.5 Å². The Morgan fingerprint density at radius 3 is 2.18 bits per heavy atom. The molecular formula is C7H15NO2S. The van der Waals surface area contributed by atoms with Crippen LogP contribution in [0.1, 0.15) is 19.8 Å². The molecule has 0 spiro atoms. The first-order valence-electron chi connectivity index (χ1n) is 3.97. The van der Waals surface area contributed by atoms with Gasteiger partial charge in [0.1, 0.15) is 9.84 Å². The van der Waals surface area contributed by atoms with Gasteiger partial charge in [0.2, 0.25) is 0 Å². The summed E-state index contributed by atoms with van der Waals surface area (Å²) < 4.78 is 22.0. The van der Waals surface area contributed by atoms with E-state index in [0.29, 0.717) is 17.4 Å². The SMILES string of the molecule is CC(N)C1CCS(=O)(=O)CC1. The van der Waals surface area contributed by atoms with Crippen molar-refractivity contribution in [2.24, 2.45) is 11.7 Å². The number of rotatable bonds is 1. The molecule has 2 N–H and O–H groups in total. The van der Waals surface area contributed by atoms with Crippen LogP contribution in [0.3, 0.4) is 0 Å². The van der Waals surface area contributed by atoms with Gasteiger partial charge in [-0.3, -0.25) is 0 Å². The van der Waals surface area contributed by atoms with Crippen LogP contribution >= 0.6 is 0 Å². The van der Waals surface area contributed by atoms with Crippen molar-refractivity contribution in [3.05, 3.63) is 0 Å². The van der Waals surface area contributed by atoms with Crippen molar-refractivity contribution >= 4 is 9.84 Å². The largest absolute Gasteiger partial charge is 0.328 e. The van der Waals surface area contributed by atoms with Gasteiger partial charge >= 0.3 is 0 Å². The summed E-state index contributed by atoms with van der Waals surface area (Å²) in [6.45, 7) is 1.95. The van der Waals surface area contributed by atoms with Crippen molar-refractivity contribution in [1.29, 1.82) is 0 Å². The van der Waals surface area contributed by atoms with Crippen LogP contribution in [-0.2, 0) is 9.84 Å². The molecular weight excluding hydrogens is 162 g/mol. The van der Waals surface area contributed by atoms with Gasteiger partial charge in [0.25, 0.3) is 0 Å². The standard InChI is InChI=1S/C7H15NO2S/c1-6(8)7-2-4-11(9,10)5-3-7/h6-7H,2-5,8H2,1H3. The zero-order valence-corrected chi connectivity index (χ0v) is 7.60. The molecule has 0 aromatic carbocycles. The minimum Gasteiger partial charge on any atom is -0.328 e. The predicted octanol–water partition coefficient (Wildman–Crippen LogP) is 0.158. The first-order valence-corrected chi connectivity index (χ1v) is 5.79. The Hall–Kier alpha value is -0.0900. The van der Waals surface area contributed by atoms with Crippen LogP contribution < -0.4 is 5.73 Å². The van der Waals surface area contributed by atoms with Crippen LogP contribution in [0.25, 0.3) is 0 Å². The smallest absolute Gasteiger partial charge is 0.150 e. The highest BCUT2D eigenvalue weighted by Gasteiger charge is 2.25. The highest BCUT2D eigenvalue weighted by atomic mass is 32.2. The summed E-state index contributed by atoms with van der Waals surface area (Å²) in [4.78, 5) is 0. The summed E-state index contributed by atoms with van der Waals surface area (Å²) in [5.74, 6) is 1.08. The van der Waals surface area contributed by atoms with Gasteiger partial charge in [-0.25, -0.2) is 8.42 Å². The third kappa shape index (κ3) is 2.45. The van der Waals surface area contributed by atoms with Crippen molar-refractivity contribution in [3.8, 4) is 0 Å². The Labute approximate surface area is 67.9 Å². The Morgan fingerprint density at radius 1 is 1.36 bits per heavy atom. The Balaban J connectivity index is 2.49. The van der Waals surface area contributed by atoms with Crippen LogP contribution in [0.15, 0.2) is 0 Å². The maximum Gasteiger partial charge on any atom is 0.150 e. The average Bonchev–Trinajstić information content (AvgIpc) is 1.86. The van der Waals surface area contributed by atoms with E-state index in [9.17, 15) is 8.42 Å². The number of hydrogen-bond acceptors (Lipinski definition) is 3. The van der Waals surface area contributed by atoms with E-state index in [1.54, 1.807) is 0 Å². The molecule has 0 aromatic rings. The molecule has 11 heavy (non-hydrogen) atoms. The van der Waals surface area contributed by atoms with E-state index in [1.807, 2.05) is 6.92 Å². The predicted molar refractivity (Wildman–Crippen MR) is 45.0 cm³/mol. The Morgan fingerprint density at radius 2 is 1.82 bits per heavy atom. The van der Waals surface area contributed by atoms with E-state index in [0.717, 1.165) is 12.8 Å². The molecule has 1 aliphatic heterocycles. The molecule has 3 nitrogen and oxygen atoms in total. The second-order valence-corrected chi connectivity index (χ2v) is 5.65.